The number of hydrogen-bond donors (Lipinski definition) is 0. The quantitative estimate of drug-likeness (QED) is 0.786. The third-order valence-corrected chi connectivity index (χ3v) is 5.02. The number of carbonyl (C=O) groups excluding carboxylic acids is 1. The molecule has 0 N–H and O–H groups in total. The molecule has 0 saturated heterocycles. The van der Waals surface area contributed by atoms with Gasteiger partial charge in [0.1, 0.15) is 12.3 Å². The van der Waals surface area contributed by atoms with Crippen molar-refractivity contribution < 1.29 is 18.5 Å². The molecule has 2 saturated carbocycles. The van der Waals surface area contributed by atoms with Gasteiger partial charge < -0.3 is 13.7 Å². The summed E-state index contributed by atoms with van der Waals surface area (Å²) in [5.74, 6) is 3.17. The normalized spacial score (nSPS) is 26.5. The van der Waals surface area contributed by atoms with Crippen LogP contribution in [0.3, 0.4) is 0 Å². The highest BCUT2D eigenvalue weighted by atomic mass is 16.5. The van der Waals surface area contributed by atoms with Crippen molar-refractivity contribution in [1.82, 2.24) is 5.16 Å². The average molecular weight is 301 g/mol. The van der Waals surface area contributed by atoms with Crippen LogP contribution >= 0.6 is 0 Å². The standard InChI is InChI=1S/C17H19NO4/c19-17(8-13-7-11-3-4-12(13)6-11)21-10-14-9-16(22-18-14)15-2-1-5-20-15/h1-2,5,9,11-13H,3-4,6-8,10H2/t11-,12-,13-/m1/s1. The minimum atomic E-state index is -0.125. The zero-order valence-corrected chi connectivity index (χ0v) is 12.4. The van der Waals surface area contributed by atoms with Gasteiger partial charge in [0.2, 0.25) is 5.76 Å². The van der Waals surface area contributed by atoms with Crippen LogP contribution in [0.2, 0.25) is 0 Å². The molecule has 0 aliphatic heterocycles. The van der Waals surface area contributed by atoms with Gasteiger partial charge in [0.05, 0.1) is 6.26 Å². The van der Waals surface area contributed by atoms with Crippen LogP contribution in [0, 0.1) is 17.8 Å². The molecular formula is C17H19NO4. The van der Waals surface area contributed by atoms with Crippen molar-refractivity contribution >= 4 is 5.97 Å². The van der Waals surface area contributed by atoms with E-state index < -0.39 is 0 Å². The molecule has 22 heavy (non-hydrogen) atoms. The van der Waals surface area contributed by atoms with Gasteiger partial charge in [-0.15, -0.1) is 0 Å². The highest BCUT2D eigenvalue weighted by Crippen LogP contribution is 2.49. The first kappa shape index (κ1) is 13.6. The molecule has 2 heterocycles. The number of furan rings is 1. The number of ether oxygens (including phenoxy) is 1. The van der Waals surface area contributed by atoms with E-state index in [1.54, 1.807) is 24.5 Å². The zero-order valence-electron chi connectivity index (χ0n) is 12.4. The highest BCUT2D eigenvalue weighted by Gasteiger charge is 2.40. The summed E-state index contributed by atoms with van der Waals surface area (Å²) in [6.07, 6.45) is 7.28. The molecule has 5 nitrogen and oxygen atoms in total. The smallest absolute Gasteiger partial charge is 0.306 e. The Bertz CT molecular complexity index is 645. The van der Waals surface area contributed by atoms with E-state index in [-0.39, 0.29) is 12.6 Å². The van der Waals surface area contributed by atoms with E-state index in [0.29, 0.717) is 29.6 Å². The minimum absolute atomic E-state index is 0.125. The average Bonchev–Trinajstić information content (AvgIpc) is 3.27. The summed E-state index contributed by atoms with van der Waals surface area (Å²) in [6, 6.07) is 5.32. The van der Waals surface area contributed by atoms with Crippen molar-refractivity contribution in [3.63, 3.8) is 0 Å². The first-order chi connectivity index (χ1) is 10.8. The number of hydrogen-bond acceptors (Lipinski definition) is 5. The lowest BCUT2D eigenvalue weighted by atomic mass is 9.86. The molecule has 2 bridgehead atoms. The Morgan fingerprint density at radius 2 is 2.27 bits per heavy atom. The van der Waals surface area contributed by atoms with Crippen LogP contribution in [-0.2, 0) is 16.1 Å². The van der Waals surface area contributed by atoms with Crippen molar-refractivity contribution in [3.8, 4) is 11.5 Å². The van der Waals surface area contributed by atoms with E-state index in [9.17, 15) is 4.79 Å². The SMILES string of the molecule is O=C(C[C@H]1C[C@@H]2CC[C@@H]1C2)OCc1cc(-c2ccco2)on1. The summed E-state index contributed by atoms with van der Waals surface area (Å²) in [6.45, 7) is 0.157. The van der Waals surface area contributed by atoms with Gasteiger partial charge in [0, 0.05) is 12.5 Å². The molecule has 4 rings (SSSR count). The van der Waals surface area contributed by atoms with E-state index >= 15 is 0 Å². The molecule has 3 atom stereocenters. The topological polar surface area (TPSA) is 65.5 Å². The number of rotatable bonds is 5. The first-order valence-corrected chi connectivity index (χ1v) is 7.93. The van der Waals surface area contributed by atoms with Gasteiger partial charge >= 0.3 is 5.97 Å². The van der Waals surface area contributed by atoms with Crippen LogP contribution in [0.4, 0.5) is 0 Å². The summed E-state index contributed by atoms with van der Waals surface area (Å²) in [5.41, 5.74) is 0.604. The zero-order chi connectivity index (χ0) is 14.9. The molecule has 2 aromatic rings. The molecule has 2 aliphatic rings. The summed E-state index contributed by atoms with van der Waals surface area (Å²) in [4.78, 5) is 12.0. The number of nitrogens with zero attached hydrogens (tertiary/aromatic N) is 1. The largest absolute Gasteiger partial charge is 0.461 e. The Morgan fingerprint density at radius 3 is 3.00 bits per heavy atom. The second-order valence-corrected chi connectivity index (χ2v) is 6.46. The van der Waals surface area contributed by atoms with Gasteiger partial charge in [0.25, 0.3) is 0 Å². The van der Waals surface area contributed by atoms with Crippen LogP contribution < -0.4 is 0 Å². The number of fused-ring (bicyclic) bond motifs is 2. The van der Waals surface area contributed by atoms with Crippen LogP contribution in [0.5, 0.6) is 0 Å². The fourth-order valence-corrected chi connectivity index (χ4v) is 3.97. The Hall–Kier alpha value is -2.04. The summed E-state index contributed by atoms with van der Waals surface area (Å²) >= 11 is 0. The van der Waals surface area contributed by atoms with Crippen LogP contribution in [-0.4, -0.2) is 11.1 Å². The van der Waals surface area contributed by atoms with Gasteiger partial charge in [-0.2, -0.15) is 0 Å². The fourth-order valence-electron chi connectivity index (χ4n) is 3.97. The Labute approximate surface area is 128 Å². The van der Waals surface area contributed by atoms with E-state index in [1.165, 1.54) is 25.7 Å². The summed E-state index contributed by atoms with van der Waals surface area (Å²) in [5, 5.41) is 3.90. The van der Waals surface area contributed by atoms with Crippen molar-refractivity contribution in [2.24, 2.45) is 17.8 Å². The third kappa shape index (κ3) is 2.67. The van der Waals surface area contributed by atoms with Crippen LogP contribution in [0.25, 0.3) is 11.5 Å². The number of esters is 1. The minimum Gasteiger partial charge on any atom is -0.461 e. The van der Waals surface area contributed by atoms with Gasteiger partial charge in [-0.1, -0.05) is 11.6 Å². The van der Waals surface area contributed by atoms with E-state index in [2.05, 4.69) is 5.16 Å². The predicted molar refractivity (Wildman–Crippen MR) is 77.6 cm³/mol. The number of aromatic nitrogens is 1. The van der Waals surface area contributed by atoms with Crippen LogP contribution in [0.15, 0.2) is 33.4 Å². The molecule has 0 unspecified atom stereocenters. The molecule has 0 spiro atoms. The van der Waals surface area contributed by atoms with E-state index in [4.69, 9.17) is 13.7 Å². The molecular weight excluding hydrogens is 282 g/mol. The third-order valence-electron chi connectivity index (χ3n) is 5.02. The van der Waals surface area contributed by atoms with Crippen molar-refractivity contribution in [3.05, 3.63) is 30.2 Å². The van der Waals surface area contributed by atoms with Crippen molar-refractivity contribution in [1.29, 1.82) is 0 Å². The molecule has 0 radical (unpaired) electrons. The van der Waals surface area contributed by atoms with Gasteiger partial charge in [0.15, 0.2) is 5.76 Å². The van der Waals surface area contributed by atoms with Crippen molar-refractivity contribution in [2.45, 2.75) is 38.7 Å². The second-order valence-electron chi connectivity index (χ2n) is 6.46. The van der Waals surface area contributed by atoms with Crippen molar-refractivity contribution in [2.75, 3.05) is 0 Å². The van der Waals surface area contributed by atoms with E-state index in [1.807, 2.05) is 0 Å². The molecule has 2 aromatic heterocycles. The lowest BCUT2D eigenvalue weighted by Crippen LogP contribution is -2.16. The van der Waals surface area contributed by atoms with Gasteiger partial charge in [-0.3, -0.25) is 4.79 Å². The highest BCUT2D eigenvalue weighted by molar-refractivity contribution is 5.69. The fraction of sp³-hybridized carbons (Fsp3) is 0.529. The Balaban J connectivity index is 1.28. The van der Waals surface area contributed by atoms with Gasteiger partial charge in [-0.05, 0) is 49.1 Å². The molecule has 2 aliphatic carbocycles. The molecule has 116 valence electrons. The second kappa shape index (κ2) is 5.63. The maximum Gasteiger partial charge on any atom is 0.306 e. The van der Waals surface area contributed by atoms with E-state index in [0.717, 1.165) is 11.8 Å². The summed E-state index contributed by atoms with van der Waals surface area (Å²) < 4.78 is 15.8. The monoisotopic (exact) mass is 301 g/mol. The molecule has 0 aromatic carbocycles. The molecule has 5 heteroatoms. The lowest BCUT2D eigenvalue weighted by molar-refractivity contribution is -0.146. The lowest BCUT2D eigenvalue weighted by Gasteiger charge is -2.20. The van der Waals surface area contributed by atoms with Crippen LogP contribution in [0.1, 0.15) is 37.8 Å². The summed E-state index contributed by atoms with van der Waals surface area (Å²) in [7, 11) is 0. The maximum absolute atomic E-state index is 12.0. The Kier molecular flexibility index (Phi) is 3.48. The maximum atomic E-state index is 12.0. The van der Waals surface area contributed by atoms with Gasteiger partial charge in [-0.25, -0.2) is 0 Å². The number of carbonyl (C=O) groups is 1. The molecule has 0 amide bonds. The first-order valence-electron chi connectivity index (χ1n) is 7.93. The predicted octanol–water partition coefficient (Wildman–Crippen LogP) is 3.80. The molecule has 2 fully saturated rings. The Morgan fingerprint density at radius 1 is 1.32 bits per heavy atom.